The molecule has 0 saturated heterocycles. The van der Waals surface area contributed by atoms with E-state index < -0.39 is 12.4 Å². The summed E-state index contributed by atoms with van der Waals surface area (Å²) in [5, 5.41) is 22.4. The summed E-state index contributed by atoms with van der Waals surface area (Å²) in [4.78, 5) is 0. The maximum Gasteiger partial charge on any atom is 0.154 e. The highest BCUT2D eigenvalue weighted by Gasteiger charge is 2.15. The average Bonchev–Trinajstić information content (AvgIpc) is 2.61. The number of methoxy groups -OCH3 is 1. The minimum absolute atomic E-state index is 0.00435. The van der Waals surface area contributed by atoms with Gasteiger partial charge in [-0.2, -0.15) is 0 Å². The third-order valence-electron chi connectivity index (χ3n) is 3.92. The third-order valence-corrected chi connectivity index (χ3v) is 3.92. The van der Waals surface area contributed by atoms with E-state index in [1.54, 1.807) is 13.0 Å². The van der Waals surface area contributed by atoms with E-state index in [2.05, 4.69) is 31.5 Å². The lowest BCUT2D eigenvalue weighted by atomic mass is 9.92. The van der Waals surface area contributed by atoms with E-state index in [0.717, 1.165) is 29.7 Å². The molecule has 5 heteroatoms. The maximum absolute atomic E-state index is 9.72. The van der Waals surface area contributed by atoms with Crippen LogP contribution in [-0.4, -0.2) is 36.3 Å². The first-order chi connectivity index (χ1) is 12.3. The van der Waals surface area contributed by atoms with Crippen molar-refractivity contribution in [1.29, 1.82) is 0 Å². The van der Waals surface area contributed by atoms with E-state index in [0.29, 0.717) is 19.4 Å². The van der Waals surface area contributed by atoms with Gasteiger partial charge in [0, 0.05) is 25.3 Å². The highest BCUT2D eigenvalue weighted by Crippen LogP contribution is 2.24. The lowest BCUT2D eigenvalue weighted by Crippen LogP contribution is -2.27. The van der Waals surface area contributed by atoms with Crippen LogP contribution in [0.1, 0.15) is 39.5 Å². The molecule has 0 bridgehead atoms. The van der Waals surface area contributed by atoms with Crippen LogP contribution in [-0.2, 0) is 4.74 Å². The molecule has 5 N–H and O–H groups in total. The predicted octanol–water partition coefficient (Wildman–Crippen LogP) is 3.14. The van der Waals surface area contributed by atoms with Crippen molar-refractivity contribution >= 4 is 0 Å². The van der Waals surface area contributed by atoms with Crippen LogP contribution in [0.15, 0.2) is 60.5 Å². The van der Waals surface area contributed by atoms with Gasteiger partial charge in [0.15, 0.2) is 6.29 Å². The van der Waals surface area contributed by atoms with Gasteiger partial charge in [-0.05, 0) is 49.6 Å². The summed E-state index contributed by atoms with van der Waals surface area (Å²) in [6.07, 6.45) is 10.9. The lowest BCUT2D eigenvalue weighted by Gasteiger charge is -2.22. The third kappa shape index (κ3) is 10.9. The van der Waals surface area contributed by atoms with Crippen molar-refractivity contribution in [3.63, 3.8) is 0 Å². The molecule has 2 unspecified atom stereocenters. The molecule has 0 aliphatic carbocycles. The summed E-state index contributed by atoms with van der Waals surface area (Å²) in [6.45, 7) is 12.5. The Kier molecular flexibility index (Phi) is 13.4. The Labute approximate surface area is 158 Å². The summed E-state index contributed by atoms with van der Waals surface area (Å²) >= 11 is 0. The zero-order valence-electron chi connectivity index (χ0n) is 16.4. The van der Waals surface area contributed by atoms with Crippen LogP contribution < -0.4 is 11.1 Å². The summed E-state index contributed by atoms with van der Waals surface area (Å²) in [5.41, 5.74) is 8.22. The summed E-state index contributed by atoms with van der Waals surface area (Å²) in [7, 11) is 1.48. The molecule has 148 valence electrons. The molecule has 0 fully saturated rings. The van der Waals surface area contributed by atoms with E-state index in [9.17, 15) is 10.2 Å². The van der Waals surface area contributed by atoms with Crippen LogP contribution in [0.2, 0.25) is 0 Å². The molecule has 0 heterocycles. The molecule has 0 aromatic carbocycles. The van der Waals surface area contributed by atoms with Crippen LogP contribution in [0, 0.1) is 5.92 Å². The van der Waals surface area contributed by atoms with Gasteiger partial charge >= 0.3 is 0 Å². The molecule has 0 spiro atoms. The second-order valence-electron chi connectivity index (χ2n) is 6.34. The predicted molar refractivity (Wildman–Crippen MR) is 109 cm³/mol. The number of rotatable bonds is 14. The molecule has 0 aliphatic rings. The van der Waals surface area contributed by atoms with Crippen molar-refractivity contribution in [2.75, 3.05) is 13.7 Å². The van der Waals surface area contributed by atoms with E-state index in [1.807, 2.05) is 12.2 Å². The highest BCUT2D eigenvalue weighted by atomic mass is 16.6. The molecule has 0 aromatic heterocycles. The molecule has 0 saturated carbocycles. The number of hydrogen-bond donors (Lipinski definition) is 4. The second-order valence-corrected chi connectivity index (χ2v) is 6.34. The number of aliphatic hydroxyl groups is 2. The number of nitrogens with two attached hydrogens (primary N) is 1. The molecule has 0 aromatic rings. The molecular weight excluding hydrogens is 328 g/mol. The molecule has 26 heavy (non-hydrogen) atoms. The smallest absolute Gasteiger partial charge is 0.154 e. The Morgan fingerprint density at radius 2 is 1.92 bits per heavy atom. The van der Waals surface area contributed by atoms with Crippen LogP contribution in [0.25, 0.3) is 0 Å². The Hall–Kier alpha value is -1.82. The lowest BCUT2D eigenvalue weighted by molar-refractivity contribution is -0.0800. The molecular formula is C21H36N2O3. The van der Waals surface area contributed by atoms with Gasteiger partial charge in [-0.15, -0.1) is 0 Å². The number of hydrogen-bond acceptors (Lipinski definition) is 5. The van der Waals surface area contributed by atoms with Crippen LogP contribution in [0.4, 0.5) is 0 Å². The minimum atomic E-state index is -0.803. The minimum Gasteiger partial charge on any atom is -0.405 e. The van der Waals surface area contributed by atoms with Gasteiger partial charge in [-0.1, -0.05) is 44.7 Å². The van der Waals surface area contributed by atoms with Crippen molar-refractivity contribution in [3.05, 3.63) is 60.5 Å². The average molecular weight is 365 g/mol. The van der Waals surface area contributed by atoms with E-state index in [-0.39, 0.29) is 5.92 Å². The Bertz CT molecular complexity index is 507. The van der Waals surface area contributed by atoms with Gasteiger partial charge < -0.3 is 26.0 Å². The van der Waals surface area contributed by atoms with Gasteiger partial charge in [0.1, 0.15) is 0 Å². The molecule has 0 rings (SSSR count). The second kappa shape index (κ2) is 14.4. The first-order valence-corrected chi connectivity index (χ1v) is 9.12. The normalized spacial score (nSPS) is 16.0. The highest BCUT2D eigenvalue weighted by molar-refractivity contribution is 5.39. The fraction of sp³-hybridized carbons (Fsp3) is 0.524. The number of allylic oxidation sites excluding steroid dienone is 6. The van der Waals surface area contributed by atoms with Gasteiger partial charge in [-0.3, -0.25) is 0 Å². The number of ether oxygens (including phenoxy) is 1. The van der Waals surface area contributed by atoms with Gasteiger partial charge in [-0.25, -0.2) is 0 Å². The summed E-state index contributed by atoms with van der Waals surface area (Å²) in [5.74, 6) is -0.00435. The number of aliphatic hydroxyl groups excluding tert-OH is 2. The van der Waals surface area contributed by atoms with Crippen molar-refractivity contribution in [1.82, 2.24) is 5.32 Å². The zero-order chi connectivity index (χ0) is 19.9. The quantitative estimate of drug-likeness (QED) is 0.281. The largest absolute Gasteiger partial charge is 0.405 e. The SMILES string of the molecule is C=C(/C=C\C=C/N)/C(=C/[C@@H](CCC(O)OC)C(=C)NCC(C)O)CCC. The Balaban J connectivity index is 5.37. The van der Waals surface area contributed by atoms with Gasteiger partial charge in [0.2, 0.25) is 0 Å². The summed E-state index contributed by atoms with van der Waals surface area (Å²) in [6, 6.07) is 0. The monoisotopic (exact) mass is 364 g/mol. The molecule has 5 nitrogen and oxygen atoms in total. The van der Waals surface area contributed by atoms with E-state index in [1.165, 1.54) is 13.3 Å². The summed E-state index contributed by atoms with van der Waals surface area (Å²) < 4.78 is 4.94. The van der Waals surface area contributed by atoms with Gasteiger partial charge in [0.05, 0.1) is 6.10 Å². The van der Waals surface area contributed by atoms with Crippen molar-refractivity contribution in [2.24, 2.45) is 11.7 Å². The van der Waals surface area contributed by atoms with Crippen molar-refractivity contribution in [3.8, 4) is 0 Å². The Morgan fingerprint density at radius 3 is 2.46 bits per heavy atom. The first-order valence-electron chi connectivity index (χ1n) is 9.12. The van der Waals surface area contributed by atoms with E-state index in [4.69, 9.17) is 10.5 Å². The molecule has 0 aliphatic heterocycles. The zero-order valence-corrected chi connectivity index (χ0v) is 16.4. The Morgan fingerprint density at radius 1 is 1.23 bits per heavy atom. The van der Waals surface area contributed by atoms with Crippen LogP contribution in [0.3, 0.4) is 0 Å². The van der Waals surface area contributed by atoms with Crippen LogP contribution in [0.5, 0.6) is 0 Å². The number of nitrogens with one attached hydrogen (secondary N) is 1. The standard InChI is InChI=1S/C21H36N2O3/c1-6-9-19(16(2)10-7-8-13-22)14-20(11-12-21(25)26-5)18(4)23-15-17(3)24/h7-8,10,13-14,17,20-21,23-25H,2,4,6,9,11-12,15,22H2,1,3,5H3/b10-7-,13-8-,19-14+/t17?,20-,21?/m1/s1. The fourth-order valence-electron chi connectivity index (χ4n) is 2.41. The molecule has 0 radical (unpaired) electrons. The van der Waals surface area contributed by atoms with Crippen molar-refractivity contribution in [2.45, 2.75) is 51.9 Å². The first kappa shape index (κ1) is 24.2. The fourth-order valence-corrected chi connectivity index (χ4v) is 2.41. The topological polar surface area (TPSA) is 87.7 Å². The molecule has 3 atom stereocenters. The van der Waals surface area contributed by atoms with E-state index >= 15 is 0 Å². The van der Waals surface area contributed by atoms with Gasteiger partial charge in [0.25, 0.3) is 0 Å². The maximum atomic E-state index is 9.72. The molecule has 0 amide bonds. The van der Waals surface area contributed by atoms with Crippen molar-refractivity contribution < 1.29 is 14.9 Å². The van der Waals surface area contributed by atoms with Crippen LogP contribution >= 0.6 is 0 Å².